The minimum Gasteiger partial charge on any atom is -0.481 e. The largest absolute Gasteiger partial charge is 0.481 e. The molecule has 5 heteroatoms. The zero-order valence-electron chi connectivity index (χ0n) is 12.5. The number of hydrogen-bond acceptors (Lipinski definition) is 3. The number of alkyl carbamates (subject to hydrolysis) is 1. The Morgan fingerprint density at radius 1 is 1.14 bits per heavy atom. The Hall–Kier alpha value is -1.26. The average Bonchev–Trinajstić information content (AvgIpc) is 2.35. The van der Waals surface area contributed by atoms with Gasteiger partial charge in [0.05, 0.1) is 6.42 Å². The van der Waals surface area contributed by atoms with Crippen molar-refractivity contribution in [1.29, 1.82) is 0 Å². The zero-order chi connectivity index (χ0) is 14.9. The third-order valence-corrected chi connectivity index (χ3v) is 7.23. The molecule has 114 valence electrons. The number of nitrogens with one attached hydrogen (secondary N) is 1. The van der Waals surface area contributed by atoms with E-state index in [4.69, 9.17) is 4.74 Å². The van der Waals surface area contributed by atoms with E-state index in [0.29, 0.717) is 17.8 Å². The van der Waals surface area contributed by atoms with Crippen molar-refractivity contribution in [1.82, 2.24) is 5.32 Å². The first-order valence-electron chi connectivity index (χ1n) is 8.00. The summed E-state index contributed by atoms with van der Waals surface area (Å²) in [5, 5.41) is 12.1. The summed E-state index contributed by atoms with van der Waals surface area (Å²) >= 11 is 0. The fourth-order valence-electron chi connectivity index (χ4n) is 7.19. The standard InChI is InChI=1S/C16H21NO4/c1-15(2,3)21-14(20)17-5(4-6(18)19)16-11-8-7-9(11)13(16)10(7)12(8)16/h5,7-13H,4H2,1-3H3,(H,17,20)(H,18,19). The summed E-state index contributed by atoms with van der Waals surface area (Å²) in [6.07, 6.45) is -0.443. The molecule has 0 aromatic heterocycles. The van der Waals surface area contributed by atoms with Crippen LogP contribution in [-0.4, -0.2) is 28.8 Å². The number of hydrogen-bond donors (Lipinski definition) is 2. The van der Waals surface area contributed by atoms with Gasteiger partial charge in [-0.1, -0.05) is 0 Å². The van der Waals surface area contributed by atoms with E-state index in [0.717, 1.165) is 23.7 Å². The molecule has 6 saturated carbocycles. The van der Waals surface area contributed by atoms with Gasteiger partial charge >= 0.3 is 12.1 Å². The summed E-state index contributed by atoms with van der Waals surface area (Å²) < 4.78 is 5.32. The smallest absolute Gasteiger partial charge is 0.407 e. The number of ether oxygens (including phenoxy) is 1. The fraction of sp³-hybridized carbons (Fsp3) is 0.875. The molecule has 1 atom stereocenters. The van der Waals surface area contributed by atoms with Crippen molar-refractivity contribution in [3.63, 3.8) is 0 Å². The monoisotopic (exact) mass is 291 g/mol. The summed E-state index contributed by atoms with van der Waals surface area (Å²) in [5.74, 6) is 4.92. The van der Waals surface area contributed by atoms with Crippen molar-refractivity contribution < 1.29 is 19.4 Å². The van der Waals surface area contributed by atoms with E-state index in [1.54, 1.807) is 0 Å². The number of carbonyl (C=O) groups is 2. The molecule has 0 radical (unpaired) electrons. The van der Waals surface area contributed by atoms with Crippen LogP contribution in [0.4, 0.5) is 4.79 Å². The molecule has 0 aromatic carbocycles. The van der Waals surface area contributed by atoms with Gasteiger partial charge in [-0.05, 0) is 62.2 Å². The van der Waals surface area contributed by atoms with Gasteiger partial charge in [0, 0.05) is 11.5 Å². The van der Waals surface area contributed by atoms with E-state index >= 15 is 0 Å². The van der Waals surface area contributed by atoms with Crippen LogP contribution in [0.15, 0.2) is 0 Å². The van der Waals surface area contributed by atoms with E-state index in [1.807, 2.05) is 20.8 Å². The number of amides is 1. The quantitative estimate of drug-likeness (QED) is 0.827. The predicted molar refractivity (Wildman–Crippen MR) is 72.3 cm³/mol. The maximum atomic E-state index is 12.1. The van der Waals surface area contributed by atoms with Gasteiger partial charge in [-0.2, -0.15) is 0 Å². The molecule has 1 unspecified atom stereocenters. The molecule has 1 amide bonds. The average molecular weight is 291 g/mol. The van der Waals surface area contributed by atoms with Crippen LogP contribution >= 0.6 is 0 Å². The van der Waals surface area contributed by atoms with E-state index in [-0.39, 0.29) is 17.9 Å². The van der Waals surface area contributed by atoms with Gasteiger partial charge in [0.25, 0.3) is 0 Å². The zero-order valence-corrected chi connectivity index (χ0v) is 12.5. The Labute approximate surface area is 123 Å². The summed E-state index contributed by atoms with van der Waals surface area (Å²) in [5.41, 5.74) is -0.423. The van der Waals surface area contributed by atoms with Crippen LogP contribution in [0, 0.1) is 46.8 Å². The molecule has 6 fully saturated rings. The Morgan fingerprint density at radius 3 is 2.10 bits per heavy atom. The number of carboxylic acids is 1. The normalized spacial score (nSPS) is 53.8. The van der Waals surface area contributed by atoms with E-state index in [1.165, 1.54) is 0 Å². The Bertz CT molecular complexity index is 527. The lowest BCUT2D eigenvalue weighted by atomic mass is 8.96. The molecule has 0 saturated heterocycles. The van der Waals surface area contributed by atoms with Gasteiger partial charge in [-0.3, -0.25) is 4.79 Å². The van der Waals surface area contributed by atoms with Crippen molar-refractivity contribution in [2.75, 3.05) is 0 Å². The molecule has 5 nitrogen and oxygen atoms in total. The minimum atomic E-state index is -0.829. The summed E-state index contributed by atoms with van der Waals surface area (Å²) in [4.78, 5) is 23.3. The van der Waals surface area contributed by atoms with Gasteiger partial charge in [0.2, 0.25) is 0 Å². The molecule has 0 spiro atoms. The van der Waals surface area contributed by atoms with Gasteiger partial charge in [-0.25, -0.2) is 4.79 Å². The minimum absolute atomic E-state index is 0.0274. The third-order valence-electron chi connectivity index (χ3n) is 7.23. The van der Waals surface area contributed by atoms with Crippen molar-refractivity contribution in [3.05, 3.63) is 0 Å². The SMILES string of the molecule is CC(C)(C)OC(=O)NC(CC(=O)O)C12C3C4C5C3C1C5C42. The van der Waals surface area contributed by atoms with Gasteiger partial charge in [-0.15, -0.1) is 0 Å². The van der Waals surface area contributed by atoms with Crippen molar-refractivity contribution in [2.45, 2.75) is 38.8 Å². The highest BCUT2D eigenvalue weighted by Gasteiger charge is 3.05. The molecule has 0 aromatic rings. The molecular weight excluding hydrogens is 270 g/mol. The van der Waals surface area contributed by atoms with Crippen molar-refractivity contribution in [2.24, 2.45) is 46.8 Å². The van der Waals surface area contributed by atoms with Crippen LogP contribution in [0.3, 0.4) is 0 Å². The van der Waals surface area contributed by atoms with Crippen LogP contribution in [0.25, 0.3) is 0 Å². The molecule has 0 aliphatic heterocycles. The molecule has 6 aliphatic rings. The number of rotatable bonds is 4. The van der Waals surface area contributed by atoms with Crippen LogP contribution < -0.4 is 5.32 Å². The first-order valence-corrected chi connectivity index (χ1v) is 8.00. The molecular formula is C16H21NO4. The van der Waals surface area contributed by atoms with Crippen LogP contribution in [0.2, 0.25) is 0 Å². The maximum absolute atomic E-state index is 12.1. The van der Waals surface area contributed by atoms with Crippen LogP contribution in [-0.2, 0) is 9.53 Å². The number of aliphatic carboxylic acids is 1. The topological polar surface area (TPSA) is 75.6 Å². The van der Waals surface area contributed by atoms with E-state index < -0.39 is 17.7 Å². The lowest BCUT2D eigenvalue weighted by Gasteiger charge is -3.08. The third kappa shape index (κ3) is 1.02. The summed E-state index contributed by atoms with van der Waals surface area (Å²) in [6, 6.07) is -0.241. The first-order chi connectivity index (χ1) is 9.78. The van der Waals surface area contributed by atoms with E-state index in [2.05, 4.69) is 5.32 Å². The molecule has 0 bridgehead atoms. The second kappa shape index (κ2) is 3.08. The molecule has 6 rings (SSSR count). The molecule has 6 aliphatic carbocycles. The predicted octanol–water partition coefficient (Wildman–Crippen LogP) is 1.72. The molecule has 2 N–H and O–H groups in total. The highest BCUT2D eigenvalue weighted by Crippen LogP contribution is 3.06. The molecule has 21 heavy (non-hydrogen) atoms. The van der Waals surface area contributed by atoms with Gasteiger partial charge in [0.15, 0.2) is 0 Å². The summed E-state index contributed by atoms with van der Waals surface area (Å²) in [6.45, 7) is 5.47. The molecule has 0 heterocycles. The van der Waals surface area contributed by atoms with Crippen LogP contribution in [0.1, 0.15) is 27.2 Å². The Balaban J connectivity index is 1.34. The Morgan fingerprint density at radius 2 is 1.67 bits per heavy atom. The lowest BCUT2D eigenvalue weighted by molar-refractivity contribution is -0.619. The maximum Gasteiger partial charge on any atom is 0.407 e. The Kier molecular flexibility index (Phi) is 1.81. The summed E-state index contributed by atoms with van der Waals surface area (Å²) in [7, 11) is 0. The highest BCUT2D eigenvalue weighted by atomic mass is 16.6. The number of carbonyl (C=O) groups excluding carboxylic acids is 1. The number of carboxylic acid groups (broad SMARTS) is 1. The van der Waals surface area contributed by atoms with Gasteiger partial charge in [0.1, 0.15) is 5.60 Å². The first kappa shape index (κ1) is 12.3. The highest BCUT2D eigenvalue weighted by molar-refractivity contribution is 5.73. The lowest BCUT2D eigenvalue weighted by Crippen LogP contribution is -3.07. The second-order valence-corrected chi connectivity index (χ2v) is 8.68. The second-order valence-electron chi connectivity index (χ2n) is 8.68. The fourth-order valence-corrected chi connectivity index (χ4v) is 7.19. The van der Waals surface area contributed by atoms with Crippen molar-refractivity contribution >= 4 is 12.1 Å². The van der Waals surface area contributed by atoms with Gasteiger partial charge < -0.3 is 15.2 Å². The van der Waals surface area contributed by atoms with E-state index in [9.17, 15) is 14.7 Å². The van der Waals surface area contributed by atoms with Crippen LogP contribution in [0.5, 0.6) is 0 Å². The van der Waals surface area contributed by atoms with Crippen molar-refractivity contribution in [3.8, 4) is 0 Å².